The molecule has 3 rings (SSSR count). The number of allylic oxidation sites excluding steroid dienone is 2. The molecule has 564 valence electrons. The van der Waals surface area contributed by atoms with Crippen LogP contribution >= 0.6 is 15.2 Å². The van der Waals surface area contributed by atoms with Crippen LogP contribution in [0, 0.1) is 23.7 Å². The molecule has 2 heterocycles. The van der Waals surface area contributed by atoms with Gasteiger partial charge in [0.15, 0.2) is 12.0 Å². The predicted octanol–water partition coefficient (Wildman–Crippen LogP) is 6.67. The topological polar surface area (TPSA) is 382 Å². The number of ether oxygens (including phenoxy) is 6. The minimum atomic E-state index is -4.69. The van der Waals surface area contributed by atoms with E-state index in [9.17, 15) is 71.7 Å². The molecule has 4 unspecified atom stereocenters. The number of cyclic esters (lactones) is 2. The van der Waals surface area contributed by atoms with Crippen LogP contribution in [0.2, 0.25) is 0 Å². The van der Waals surface area contributed by atoms with E-state index in [4.69, 9.17) is 37.5 Å². The van der Waals surface area contributed by atoms with Crippen LogP contribution in [-0.4, -0.2) is 212 Å². The standard InChI is InChI=1S/C69H110N6O23P2/c1-14-46(5)61-64(81)71-52(11)69(86)98-62(47(6)15-2)48(7)22-19-23-49(8)68(85)97-57(40-45(3)4)63(80)70-51(10)66(83)74(13)56(67(84)73(12)43-58(77)72-61)42-53-27-29-55(30-28-53)96-60(79)26-21-33-94-99(87,88)44-100(89,90)95-39-38-93-37-36-92-35-34-91-32-20-25-54(76)24-17-16-18-31-75-59(78)41-50(9)65(75)82/h15,23,27-30,45-46,48,50-52,56-57,61-62H,14,16-22,24-26,31-44H2,1-13H3,(H,70,80)(H,71,81)(H,72,77)(H,87,88)(H,89,90)/b47-15+,49-23+/t46?,48-,50?,51-,52+,56+,57+,61-,62+/m0/s1. The van der Waals surface area contributed by atoms with Crippen LogP contribution in [0.5, 0.6) is 5.75 Å². The number of Topliss-reactive ketones (excluding diaryl/α,β-unsaturated/α-hetero) is 1. The van der Waals surface area contributed by atoms with Gasteiger partial charge in [-0.15, -0.1) is 0 Å². The largest absolute Gasteiger partial charge is 0.456 e. The van der Waals surface area contributed by atoms with Gasteiger partial charge in [-0.3, -0.25) is 57.2 Å². The van der Waals surface area contributed by atoms with Crippen molar-refractivity contribution in [1.82, 2.24) is 30.7 Å². The minimum absolute atomic E-state index is 0.0580. The number of unbranched alkanes of at least 4 members (excludes halogenated alkanes) is 2. The number of ketones is 1. The van der Waals surface area contributed by atoms with Crippen LogP contribution in [0.15, 0.2) is 47.6 Å². The smallest absolute Gasteiger partial charge is 0.340 e. The Morgan fingerprint density at radius 2 is 1.31 bits per heavy atom. The fraction of sp³-hybridized carbons (Fsp3) is 0.696. The Kier molecular flexibility index (Phi) is 39.2. The number of nitrogens with zero attached hydrogens (tertiary/aromatic N) is 3. The highest BCUT2D eigenvalue weighted by Gasteiger charge is 2.39. The Bertz CT molecular complexity index is 3050. The molecule has 1 saturated heterocycles. The molecule has 1 fully saturated rings. The predicted molar refractivity (Wildman–Crippen MR) is 369 cm³/mol. The van der Waals surface area contributed by atoms with Gasteiger partial charge in [0.2, 0.25) is 35.4 Å². The number of hydrogen-bond acceptors (Lipinski definition) is 21. The van der Waals surface area contributed by atoms with Gasteiger partial charge in [0.25, 0.3) is 5.91 Å². The van der Waals surface area contributed by atoms with Gasteiger partial charge in [-0.2, -0.15) is 0 Å². The zero-order valence-electron chi connectivity index (χ0n) is 60.6. The molecule has 31 heteroatoms. The summed E-state index contributed by atoms with van der Waals surface area (Å²) < 4.78 is 68.7. The molecule has 0 aliphatic carbocycles. The average Bonchev–Trinajstić information content (AvgIpc) is 0.975. The number of nitrogens with one attached hydrogen (secondary N) is 3. The third kappa shape index (κ3) is 32.2. The summed E-state index contributed by atoms with van der Waals surface area (Å²) in [5.74, 6) is -8.27. The summed E-state index contributed by atoms with van der Waals surface area (Å²) in [6.07, 6.45) is 5.96. The van der Waals surface area contributed by atoms with E-state index in [0.29, 0.717) is 70.1 Å². The second kappa shape index (κ2) is 44.7. The molecular formula is C69H110N6O23P2. The maximum Gasteiger partial charge on any atom is 0.340 e. The quantitative estimate of drug-likeness (QED) is 0.0118. The van der Waals surface area contributed by atoms with E-state index in [1.807, 2.05) is 40.7 Å². The van der Waals surface area contributed by atoms with Gasteiger partial charge in [-0.25, -0.2) is 9.59 Å². The number of rotatable bonds is 35. The first kappa shape index (κ1) is 87.7. The lowest BCUT2D eigenvalue weighted by atomic mass is 9.93. The van der Waals surface area contributed by atoms with E-state index in [1.165, 1.54) is 57.1 Å². The van der Waals surface area contributed by atoms with Gasteiger partial charge < -0.3 is 73.0 Å². The number of amides is 7. The lowest BCUT2D eigenvalue weighted by molar-refractivity contribution is -0.154. The molecule has 0 spiro atoms. The van der Waals surface area contributed by atoms with Crippen LogP contribution < -0.4 is 20.7 Å². The summed E-state index contributed by atoms with van der Waals surface area (Å²) in [4.78, 5) is 171. The Morgan fingerprint density at radius 3 is 1.91 bits per heavy atom. The average molecular weight is 1450 g/mol. The number of likely N-dealkylation sites (tertiary alicyclic amines) is 1. The third-order valence-corrected chi connectivity index (χ3v) is 21.0. The summed E-state index contributed by atoms with van der Waals surface area (Å²) in [5.41, 5.74) is 1.43. The monoisotopic (exact) mass is 1450 g/mol. The second-order valence-corrected chi connectivity index (χ2v) is 30.4. The minimum Gasteiger partial charge on any atom is -0.456 e. The van der Waals surface area contributed by atoms with Crippen molar-refractivity contribution >= 4 is 80.2 Å². The zero-order valence-corrected chi connectivity index (χ0v) is 62.4. The first-order valence-corrected chi connectivity index (χ1v) is 38.1. The maximum atomic E-state index is 14.6. The number of imide groups is 1. The molecular weight excluding hydrogens is 1340 g/mol. The number of carbonyl (C=O) groups is 11. The number of likely N-dealkylation sites (N-methyl/N-ethyl adjacent to an activating group) is 2. The van der Waals surface area contributed by atoms with E-state index in [-0.39, 0.29) is 118 Å². The molecule has 0 aromatic heterocycles. The van der Waals surface area contributed by atoms with E-state index in [0.717, 1.165) is 21.8 Å². The summed E-state index contributed by atoms with van der Waals surface area (Å²) in [6, 6.07) is 0.972. The molecule has 0 radical (unpaired) electrons. The van der Waals surface area contributed by atoms with E-state index in [2.05, 4.69) is 16.0 Å². The molecule has 29 nitrogen and oxygen atoms in total. The van der Waals surface area contributed by atoms with E-state index in [1.54, 1.807) is 33.8 Å². The fourth-order valence-electron chi connectivity index (χ4n) is 10.7. The molecule has 11 atom stereocenters. The van der Waals surface area contributed by atoms with Crippen molar-refractivity contribution in [3.8, 4) is 5.75 Å². The highest BCUT2D eigenvalue weighted by Crippen LogP contribution is 2.58. The van der Waals surface area contributed by atoms with Crippen molar-refractivity contribution in [1.29, 1.82) is 0 Å². The number of hydrogen-bond donors (Lipinski definition) is 5. The molecule has 7 amide bonds. The Balaban J connectivity index is 1.55. The number of carbonyl (C=O) groups excluding carboxylic acids is 11. The molecule has 2 aliphatic rings. The normalized spacial score (nSPS) is 24.0. The van der Waals surface area contributed by atoms with Crippen molar-refractivity contribution in [2.24, 2.45) is 23.7 Å². The number of benzene rings is 1. The molecule has 0 saturated carbocycles. The van der Waals surface area contributed by atoms with Gasteiger partial charge in [-0.1, -0.05) is 78.7 Å². The van der Waals surface area contributed by atoms with E-state index >= 15 is 0 Å². The van der Waals surface area contributed by atoms with Crippen LogP contribution in [-0.2, 0) is 101 Å². The highest BCUT2D eigenvalue weighted by atomic mass is 31.2. The summed E-state index contributed by atoms with van der Waals surface area (Å²) in [7, 11) is -6.65. The zero-order chi connectivity index (χ0) is 74.9. The first-order chi connectivity index (χ1) is 47.1. The van der Waals surface area contributed by atoms with Crippen LogP contribution in [0.4, 0.5) is 0 Å². The van der Waals surface area contributed by atoms with E-state index < -0.39 is 124 Å². The Morgan fingerprint density at radius 1 is 0.720 bits per heavy atom. The molecule has 2 aliphatic heterocycles. The van der Waals surface area contributed by atoms with Crippen molar-refractivity contribution < 1.29 is 109 Å². The van der Waals surface area contributed by atoms with Gasteiger partial charge in [0, 0.05) is 70.8 Å². The van der Waals surface area contributed by atoms with Crippen LogP contribution in [0.3, 0.4) is 0 Å². The van der Waals surface area contributed by atoms with Gasteiger partial charge in [-0.05, 0) is 121 Å². The Labute approximate surface area is 588 Å². The van der Waals surface area contributed by atoms with Crippen molar-refractivity contribution in [2.45, 2.75) is 202 Å². The van der Waals surface area contributed by atoms with Crippen molar-refractivity contribution in [3.63, 3.8) is 0 Å². The molecule has 0 bridgehead atoms. The molecule has 5 N–H and O–H groups in total. The van der Waals surface area contributed by atoms with Crippen molar-refractivity contribution in [3.05, 3.63) is 53.1 Å². The maximum absolute atomic E-state index is 14.6. The summed E-state index contributed by atoms with van der Waals surface area (Å²) >= 11 is 0. The lowest BCUT2D eigenvalue weighted by Crippen LogP contribution is -2.57. The fourth-order valence-corrected chi connectivity index (χ4v) is 13.9. The van der Waals surface area contributed by atoms with Gasteiger partial charge >= 0.3 is 33.1 Å². The highest BCUT2D eigenvalue weighted by molar-refractivity contribution is 7.70. The molecule has 1 aromatic carbocycles. The number of esters is 3. The third-order valence-electron chi connectivity index (χ3n) is 17.0. The summed E-state index contributed by atoms with van der Waals surface area (Å²) in [5, 5.41) is 8.04. The molecule has 1 aromatic rings. The lowest BCUT2D eigenvalue weighted by Gasteiger charge is -2.33. The first-order valence-electron chi connectivity index (χ1n) is 34.5. The van der Waals surface area contributed by atoms with Gasteiger partial charge in [0.05, 0.1) is 52.8 Å². The summed E-state index contributed by atoms with van der Waals surface area (Å²) in [6.45, 7) is 18.9. The molecule has 100 heavy (non-hydrogen) atoms. The van der Waals surface area contributed by atoms with Crippen molar-refractivity contribution in [2.75, 3.05) is 85.9 Å². The van der Waals surface area contributed by atoms with Gasteiger partial charge in [0.1, 0.15) is 41.8 Å². The van der Waals surface area contributed by atoms with Crippen LogP contribution in [0.25, 0.3) is 0 Å². The van der Waals surface area contributed by atoms with Crippen LogP contribution in [0.1, 0.15) is 165 Å². The SMILES string of the molecule is C/C=C(\C)[C@H]1OC(=O)[C@@H](C)NC(=O)[C@H](C(C)CC)NC(=O)CN(C)C(=O)[C@@H](Cc2ccc(OC(=O)CCCOP(=O)(O)CP(=O)(O)OCCOCCOCCOCCCC(=O)CCCCCN3C(=O)CC(C)C3=O)cc2)N(C)C(=O)[C@H](C)NC(=O)[C@@H](CC(C)C)OC(=O)/C(C)=C/CC[C@@H]1C. The second-order valence-electron chi connectivity index (χ2n) is 26.2. The Hall–Kier alpha value is -6.55.